The van der Waals surface area contributed by atoms with Crippen molar-refractivity contribution in [2.45, 2.75) is 11.8 Å². The minimum atomic E-state index is -0.122. The van der Waals surface area contributed by atoms with Gasteiger partial charge in [0.2, 0.25) is 0 Å². The van der Waals surface area contributed by atoms with E-state index in [1.165, 1.54) is 11.3 Å². The van der Waals surface area contributed by atoms with Gasteiger partial charge < -0.3 is 0 Å². The number of hydrogen-bond acceptors (Lipinski definition) is 4. The Labute approximate surface area is 131 Å². The first-order chi connectivity index (χ1) is 10.2. The Morgan fingerprint density at radius 3 is 2.81 bits per heavy atom. The number of aromatic nitrogens is 1. The first-order valence-corrected chi connectivity index (χ1v) is 8.53. The van der Waals surface area contributed by atoms with Crippen LogP contribution in [-0.2, 0) is 0 Å². The largest absolute Gasteiger partial charge is 0.298 e. The number of benzene rings is 2. The highest BCUT2D eigenvalue weighted by atomic mass is 32.2. The summed E-state index contributed by atoms with van der Waals surface area (Å²) in [5.41, 5.74) is 2.67. The molecule has 0 radical (unpaired) electrons. The van der Waals surface area contributed by atoms with Gasteiger partial charge in [-0.2, -0.15) is 0 Å². The van der Waals surface area contributed by atoms with Crippen molar-refractivity contribution in [1.82, 2.24) is 4.98 Å². The quantitative estimate of drug-likeness (QED) is 0.720. The molecule has 1 amide bonds. The molecule has 0 aliphatic heterocycles. The zero-order chi connectivity index (χ0) is 14.8. The number of thiazole rings is 1. The van der Waals surface area contributed by atoms with Gasteiger partial charge >= 0.3 is 0 Å². The number of thioether (sulfide) groups is 1. The number of rotatable bonds is 3. The fourth-order valence-electron chi connectivity index (χ4n) is 2.10. The molecule has 1 heterocycles. The SMILES string of the molecule is CSc1cccc2sc(NC(=O)c3cccc(C)c3)nc12. The zero-order valence-electron chi connectivity index (χ0n) is 11.7. The molecule has 0 atom stereocenters. The monoisotopic (exact) mass is 314 g/mol. The molecule has 0 fully saturated rings. The third kappa shape index (κ3) is 2.94. The fraction of sp³-hybridized carbons (Fsp3) is 0.125. The van der Waals surface area contributed by atoms with Gasteiger partial charge in [-0.15, -0.1) is 11.8 Å². The van der Waals surface area contributed by atoms with Crippen LogP contribution in [0.5, 0.6) is 0 Å². The molecule has 3 rings (SSSR count). The van der Waals surface area contributed by atoms with Crippen molar-refractivity contribution in [2.75, 3.05) is 11.6 Å². The van der Waals surface area contributed by atoms with E-state index < -0.39 is 0 Å². The molecule has 3 nitrogen and oxygen atoms in total. The van der Waals surface area contributed by atoms with E-state index in [1.807, 2.05) is 55.6 Å². The first-order valence-electron chi connectivity index (χ1n) is 6.49. The molecule has 5 heteroatoms. The molecule has 1 aromatic heterocycles. The number of carbonyl (C=O) groups is 1. The normalized spacial score (nSPS) is 10.8. The van der Waals surface area contributed by atoms with Crippen molar-refractivity contribution >= 4 is 44.4 Å². The van der Waals surface area contributed by atoms with Crippen LogP contribution in [0.2, 0.25) is 0 Å². The fourth-order valence-corrected chi connectivity index (χ4v) is 3.61. The summed E-state index contributed by atoms with van der Waals surface area (Å²) in [6.45, 7) is 1.97. The Kier molecular flexibility index (Phi) is 3.94. The van der Waals surface area contributed by atoms with Gasteiger partial charge in [-0.3, -0.25) is 10.1 Å². The second kappa shape index (κ2) is 5.87. The summed E-state index contributed by atoms with van der Waals surface area (Å²) in [5.74, 6) is -0.122. The van der Waals surface area contributed by atoms with E-state index in [4.69, 9.17) is 0 Å². The summed E-state index contributed by atoms with van der Waals surface area (Å²) in [4.78, 5) is 17.9. The molecule has 2 aromatic carbocycles. The average Bonchev–Trinajstić information content (AvgIpc) is 2.89. The van der Waals surface area contributed by atoms with Crippen LogP contribution in [0.4, 0.5) is 5.13 Å². The van der Waals surface area contributed by atoms with E-state index in [0.717, 1.165) is 20.7 Å². The maximum atomic E-state index is 12.2. The zero-order valence-corrected chi connectivity index (χ0v) is 13.3. The van der Waals surface area contributed by atoms with E-state index in [0.29, 0.717) is 10.7 Å². The molecule has 21 heavy (non-hydrogen) atoms. The van der Waals surface area contributed by atoms with E-state index in [-0.39, 0.29) is 5.91 Å². The Balaban J connectivity index is 1.90. The number of fused-ring (bicyclic) bond motifs is 1. The number of hydrogen-bond donors (Lipinski definition) is 1. The molecule has 0 bridgehead atoms. The number of nitrogens with zero attached hydrogens (tertiary/aromatic N) is 1. The molecule has 0 spiro atoms. The van der Waals surface area contributed by atoms with Crippen molar-refractivity contribution in [1.29, 1.82) is 0 Å². The second-order valence-electron chi connectivity index (χ2n) is 4.65. The van der Waals surface area contributed by atoms with Crippen LogP contribution in [0.3, 0.4) is 0 Å². The van der Waals surface area contributed by atoms with Crippen LogP contribution in [0, 0.1) is 6.92 Å². The molecule has 0 unspecified atom stereocenters. The molecule has 0 saturated carbocycles. The Morgan fingerprint density at radius 2 is 2.05 bits per heavy atom. The van der Waals surface area contributed by atoms with E-state index in [2.05, 4.69) is 10.3 Å². The number of nitrogens with one attached hydrogen (secondary N) is 1. The number of para-hydroxylation sites is 1. The van der Waals surface area contributed by atoms with Gasteiger partial charge in [-0.25, -0.2) is 4.98 Å². The highest BCUT2D eigenvalue weighted by molar-refractivity contribution is 7.98. The summed E-state index contributed by atoms with van der Waals surface area (Å²) >= 11 is 3.16. The molecule has 0 saturated heterocycles. The highest BCUT2D eigenvalue weighted by Crippen LogP contribution is 2.32. The van der Waals surface area contributed by atoms with Crippen molar-refractivity contribution in [2.24, 2.45) is 0 Å². The Hall–Kier alpha value is -1.85. The maximum absolute atomic E-state index is 12.2. The lowest BCUT2D eigenvalue weighted by atomic mass is 10.1. The van der Waals surface area contributed by atoms with Crippen LogP contribution in [0.25, 0.3) is 10.2 Å². The van der Waals surface area contributed by atoms with Crippen LogP contribution in [0.15, 0.2) is 47.4 Å². The van der Waals surface area contributed by atoms with E-state index >= 15 is 0 Å². The number of anilines is 1. The van der Waals surface area contributed by atoms with Gasteiger partial charge in [-0.1, -0.05) is 35.1 Å². The molecular formula is C16H14N2OS2. The molecule has 3 aromatic rings. The van der Waals surface area contributed by atoms with Gasteiger partial charge in [0.1, 0.15) is 0 Å². The molecule has 0 aliphatic rings. The van der Waals surface area contributed by atoms with Crippen LogP contribution < -0.4 is 5.32 Å². The van der Waals surface area contributed by atoms with Crippen molar-refractivity contribution in [3.63, 3.8) is 0 Å². The minimum Gasteiger partial charge on any atom is -0.298 e. The molecule has 106 valence electrons. The highest BCUT2D eigenvalue weighted by Gasteiger charge is 2.11. The topological polar surface area (TPSA) is 42.0 Å². The number of carbonyl (C=O) groups excluding carboxylic acids is 1. The van der Waals surface area contributed by atoms with Gasteiger partial charge in [0.15, 0.2) is 5.13 Å². The predicted molar refractivity (Wildman–Crippen MR) is 90.5 cm³/mol. The van der Waals surface area contributed by atoms with Crippen LogP contribution >= 0.6 is 23.1 Å². The first kappa shape index (κ1) is 14.1. The van der Waals surface area contributed by atoms with Crippen LogP contribution in [-0.4, -0.2) is 17.1 Å². The van der Waals surface area contributed by atoms with Crippen molar-refractivity contribution in [3.8, 4) is 0 Å². The number of amides is 1. The van der Waals surface area contributed by atoms with E-state index in [1.54, 1.807) is 11.8 Å². The van der Waals surface area contributed by atoms with Gasteiger partial charge in [0.25, 0.3) is 5.91 Å². The molecular weight excluding hydrogens is 300 g/mol. The van der Waals surface area contributed by atoms with Gasteiger partial charge in [0.05, 0.1) is 10.2 Å². The summed E-state index contributed by atoms with van der Waals surface area (Å²) in [5, 5.41) is 3.52. The van der Waals surface area contributed by atoms with Gasteiger partial charge in [-0.05, 0) is 37.4 Å². The lowest BCUT2D eigenvalue weighted by Gasteiger charge is -2.02. The summed E-state index contributed by atoms with van der Waals surface area (Å²) in [6, 6.07) is 13.6. The average molecular weight is 314 g/mol. The van der Waals surface area contributed by atoms with Crippen molar-refractivity contribution < 1.29 is 4.79 Å². The Morgan fingerprint density at radius 1 is 1.24 bits per heavy atom. The molecule has 0 aliphatic carbocycles. The lowest BCUT2D eigenvalue weighted by molar-refractivity contribution is 0.102. The summed E-state index contributed by atoms with van der Waals surface area (Å²) < 4.78 is 1.08. The Bertz CT molecular complexity index is 811. The third-order valence-electron chi connectivity index (χ3n) is 3.10. The van der Waals surface area contributed by atoms with Crippen LogP contribution in [0.1, 0.15) is 15.9 Å². The van der Waals surface area contributed by atoms with Crippen molar-refractivity contribution in [3.05, 3.63) is 53.6 Å². The maximum Gasteiger partial charge on any atom is 0.257 e. The second-order valence-corrected chi connectivity index (χ2v) is 6.53. The van der Waals surface area contributed by atoms with Gasteiger partial charge in [0, 0.05) is 10.5 Å². The minimum absolute atomic E-state index is 0.122. The summed E-state index contributed by atoms with van der Waals surface area (Å²) in [6.07, 6.45) is 2.03. The predicted octanol–water partition coefficient (Wildman–Crippen LogP) is 4.58. The molecule has 1 N–H and O–H groups in total. The van der Waals surface area contributed by atoms with E-state index in [9.17, 15) is 4.79 Å². The lowest BCUT2D eigenvalue weighted by Crippen LogP contribution is -2.11. The third-order valence-corrected chi connectivity index (χ3v) is 4.81. The smallest absolute Gasteiger partial charge is 0.257 e. The summed E-state index contributed by atoms with van der Waals surface area (Å²) in [7, 11) is 0. The standard InChI is InChI=1S/C16H14N2OS2/c1-10-5-3-6-11(9-10)15(19)18-16-17-14-12(20-2)7-4-8-13(14)21-16/h3-9H,1-2H3,(H,17,18,19). The number of aryl methyl sites for hydroxylation is 1.